The first-order chi connectivity index (χ1) is 12.6. The highest BCUT2D eigenvalue weighted by atomic mass is 16.2. The second kappa shape index (κ2) is 6.29. The molecule has 3 aromatic heterocycles. The van der Waals surface area contributed by atoms with Crippen LogP contribution in [0.3, 0.4) is 0 Å². The molecule has 0 radical (unpaired) electrons. The molecule has 8 heteroatoms. The molecule has 3 N–H and O–H groups in total. The Bertz CT molecular complexity index is 989. The minimum Gasteiger partial charge on any atom is -0.360 e. The molecule has 3 heterocycles. The highest BCUT2D eigenvalue weighted by molar-refractivity contribution is 5.98. The number of aromatic amines is 1. The molecule has 0 bridgehead atoms. The lowest BCUT2D eigenvalue weighted by Crippen LogP contribution is -2.29. The zero-order chi connectivity index (χ0) is 18.3. The summed E-state index contributed by atoms with van der Waals surface area (Å²) in [6, 6.07) is 3.69. The van der Waals surface area contributed by atoms with E-state index in [2.05, 4.69) is 32.6 Å². The zero-order valence-corrected chi connectivity index (χ0v) is 14.6. The molecular weight excluding hydrogens is 332 g/mol. The van der Waals surface area contributed by atoms with Crippen LogP contribution in [0.5, 0.6) is 0 Å². The Morgan fingerprint density at radius 3 is 2.88 bits per heavy atom. The molecule has 26 heavy (non-hydrogen) atoms. The highest BCUT2D eigenvalue weighted by Gasteiger charge is 2.35. The van der Waals surface area contributed by atoms with E-state index in [1.807, 2.05) is 12.3 Å². The van der Waals surface area contributed by atoms with Crippen molar-refractivity contribution in [2.75, 3.05) is 7.05 Å². The Balaban J connectivity index is 1.69. The van der Waals surface area contributed by atoms with Gasteiger partial charge in [-0.2, -0.15) is 5.10 Å². The minimum atomic E-state index is -0.324. The molecular formula is C18H20N6O2. The maximum Gasteiger partial charge on any atom is 0.271 e. The molecule has 0 aliphatic heterocycles. The Morgan fingerprint density at radius 2 is 2.15 bits per heavy atom. The third-order valence-electron chi connectivity index (χ3n) is 4.78. The molecule has 1 fully saturated rings. The number of fused-ring (bicyclic) bond motifs is 1. The number of rotatable bonds is 5. The number of hydrogen-bond donors (Lipinski definition) is 3. The van der Waals surface area contributed by atoms with Gasteiger partial charge < -0.3 is 15.6 Å². The van der Waals surface area contributed by atoms with Crippen LogP contribution in [0.25, 0.3) is 10.9 Å². The molecule has 1 saturated carbocycles. The predicted octanol–water partition coefficient (Wildman–Crippen LogP) is 1.31. The van der Waals surface area contributed by atoms with Crippen LogP contribution in [-0.4, -0.2) is 44.7 Å². The molecule has 0 spiro atoms. The Labute approximate surface area is 150 Å². The summed E-state index contributed by atoms with van der Waals surface area (Å²) >= 11 is 0. The van der Waals surface area contributed by atoms with Crippen LogP contribution >= 0.6 is 0 Å². The van der Waals surface area contributed by atoms with Crippen LogP contribution in [0.4, 0.5) is 0 Å². The van der Waals surface area contributed by atoms with Crippen molar-refractivity contribution in [2.45, 2.75) is 25.9 Å². The molecule has 0 unspecified atom stereocenters. The van der Waals surface area contributed by atoms with Gasteiger partial charge in [0.1, 0.15) is 5.69 Å². The number of H-pyrrole nitrogens is 1. The van der Waals surface area contributed by atoms with Gasteiger partial charge in [-0.15, -0.1) is 0 Å². The fourth-order valence-corrected chi connectivity index (χ4v) is 3.05. The van der Waals surface area contributed by atoms with Gasteiger partial charge in [0.25, 0.3) is 11.8 Å². The summed E-state index contributed by atoms with van der Waals surface area (Å²) in [6.07, 6.45) is 6.33. The van der Waals surface area contributed by atoms with E-state index in [-0.39, 0.29) is 23.6 Å². The topological polar surface area (TPSA) is 105 Å². The van der Waals surface area contributed by atoms with Crippen molar-refractivity contribution in [1.82, 2.24) is 30.4 Å². The molecule has 2 atom stereocenters. The van der Waals surface area contributed by atoms with E-state index in [0.717, 1.165) is 22.9 Å². The van der Waals surface area contributed by atoms with Crippen LogP contribution in [0.1, 0.15) is 39.9 Å². The van der Waals surface area contributed by atoms with Crippen LogP contribution in [0, 0.1) is 5.92 Å². The molecule has 0 saturated heterocycles. The van der Waals surface area contributed by atoms with Crippen LogP contribution in [0.15, 0.2) is 30.7 Å². The highest BCUT2D eigenvalue weighted by Crippen LogP contribution is 2.29. The van der Waals surface area contributed by atoms with Gasteiger partial charge in [-0.1, -0.05) is 6.92 Å². The molecule has 2 amide bonds. The summed E-state index contributed by atoms with van der Waals surface area (Å²) in [5.74, 6) is -0.0432. The van der Waals surface area contributed by atoms with E-state index in [1.54, 1.807) is 17.1 Å². The zero-order valence-electron chi connectivity index (χ0n) is 14.6. The van der Waals surface area contributed by atoms with Crippen LogP contribution in [-0.2, 0) is 6.54 Å². The van der Waals surface area contributed by atoms with Crippen molar-refractivity contribution < 1.29 is 9.59 Å². The molecule has 1 aliphatic carbocycles. The first-order valence-electron chi connectivity index (χ1n) is 8.57. The largest absolute Gasteiger partial charge is 0.360 e. The second-order valence-corrected chi connectivity index (χ2v) is 6.68. The van der Waals surface area contributed by atoms with Gasteiger partial charge in [0.05, 0.1) is 18.3 Å². The number of aromatic nitrogens is 4. The number of nitrogens with zero attached hydrogens (tertiary/aromatic N) is 3. The van der Waals surface area contributed by atoms with E-state index in [9.17, 15) is 9.59 Å². The van der Waals surface area contributed by atoms with Crippen molar-refractivity contribution in [3.63, 3.8) is 0 Å². The third kappa shape index (κ3) is 2.94. The summed E-state index contributed by atoms with van der Waals surface area (Å²) in [5, 5.41) is 10.9. The quantitative estimate of drug-likeness (QED) is 0.644. The average Bonchev–Trinajstić information content (AvgIpc) is 3.06. The van der Waals surface area contributed by atoms with E-state index in [1.165, 1.54) is 13.1 Å². The summed E-state index contributed by atoms with van der Waals surface area (Å²) in [6.45, 7) is 2.44. The summed E-state index contributed by atoms with van der Waals surface area (Å²) in [4.78, 5) is 32.0. The lowest BCUT2D eigenvalue weighted by atomic mass is 10.2. The smallest absolute Gasteiger partial charge is 0.271 e. The van der Waals surface area contributed by atoms with Crippen LogP contribution in [0.2, 0.25) is 0 Å². The molecule has 3 aromatic rings. The lowest BCUT2D eigenvalue weighted by Gasteiger charge is -2.09. The molecule has 8 nitrogen and oxygen atoms in total. The van der Waals surface area contributed by atoms with Crippen LogP contribution < -0.4 is 10.6 Å². The standard InChI is InChI=1S/C18H20N6O2/c1-10-5-13(10)22-18(26)16-6-14(17(25)19-2)23-24(16)9-11-7-20-8-15-12(11)3-4-21-15/h3-4,6-8,10,13,21H,5,9H2,1-2H3,(H,19,25)(H,22,26)/t10-,13-/m0/s1. The van der Waals surface area contributed by atoms with E-state index < -0.39 is 0 Å². The van der Waals surface area contributed by atoms with E-state index in [0.29, 0.717) is 18.2 Å². The van der Waals surface area contributed by atoms with Gasteiger partial charge in [-0.25, -0.2) is 0 Å². The molecule has 4 rings (SSSR count). The minimum absolute atomic E-state index is 0.198. The monoisotopic (exact) mass is 352 g/mol. The number of pyridine rings is 1. The van der Waals surface area contributed by atoms with Crippen molar-refractivity contribution in [2.24, 2.45) is 5.92 Å². The first-order valence-corrected chi connectivity index (χ1v) is 8.57. The number of hydrogen-bond acceptors (Lipinski definition) is 4. The van der Waals surface area contributed by atoms with E-state index >= 15 is 0 Å². The van der Waals surface area contributed by atoms with Gasteiger partial charge in [0, 0.05) is 42.5 Å². The molecule has 1 aliphatic rings. The number of carbonyl (C=O) groups is 2. The summed E-state index contributed by atoms with van der Waals surface area (Å²) in [5.41, 5.74) is 2.43. The van der Waals surface area contributed by atoms with Crippen molar-refractivity contribution in [3.05, 3.63) is 47.7 Å². The van der Waals surface area contributed by atoms with E-state index in [4.69, 9.17) is 0 Å². The fraction of sp³-hybridized carbons (Fsp3) is 0.333. The fourth-order valence-electron chi connectivity index (χ4n) is 3.05. The Kier molecular flexibility index (Phi) is 3.95. The SMILES string of the molecule is CNC(=O)c1cc(C(=O)N[C@H]2C[C@@H]2C)n(Cc2cncc3[nH]ccc23)n1. The maximum absolute atomic E-state index is 12.7. The normalized spacial score (nSPS) is 18.7. The molecule has 0 aromatic carbocycles. The third-order valence-corrected chi connectivity index (χ3v) is 4.78. The average molecular weight is 352 g/mol. The van der Waals surface area contributed by atoms with Gasteiger partial charge in [0.2, 0.25) is 0 Å². The van der Waals surface area contributed by atoms with Gasteiger partial charge in [-0.3, -0.25) is 19.3 Å². The Morgan fingerprint density at radius 1 is 1.35 bits per heavy atom. The summed E-state index contributed by atoms with van der Waals surface area (Å²) < 4.78 is 1.57. The first kappa shape index (κ1) is 16.3. The van der Waals surface area contributed by atoms with Gasteiger partial charge in [0.15, 0.2) is 5.69 Å². The van der Waals surface area contributed by atoms with Gasteiger partial charge in [-0.05, 0) is 18.4 Å². The van der Waals surface area contributed by atoms with Gasteiger partial charge >= 0.3 is 0 Å². The summed E-state index contributed by atoms with van der Waals surface area (Å²) in [7, 11) is 1.54. The van der Waals surface area contributed by atoms with Crippen molar-refractivity contribution in [3.8, 4) is 0 Å². The Hall–Kier alpha value is -3.16. The van der Waals surface area contributed by atoms with Crippen molar-refractivity contribution in [1.29, 1.82) is 0 Å². The number of amides is 2. The molecule has 134 valence electrons. The lowest BCUT2D eigenvalue weighted by molar-refractivity contribution is 0.0936. The number of carbonyl (C=O) groups excluding carboxylic acids is 2. The van der Waals surface area contributed by atoms with Crippen molar-refractivity contribution >= 4 is 22.7 Å². The maximum atomic E-state index is 12.7. The number of nitrogens with one attached hydrogen (secondary N) is 3. The predicted molar refractivity (Wildman–Crippen MR) is 95.8 cm³/mol. The second-order valence-electron chi connectivity index (χ2n) is 6.68.